The quantitative estimate of drug-likeness (QED) is 0.591. The second-order valence-electron chi connectivity index (χ2n) is 7.09. The lowest BCUT2D eigenvalue weighted by Crippen LogP contribution is -2.32. The lowest BCUT2D eigenvalue weighted by molar-refractivity contribution is -0.128. The Bertz CT molecular complexity index is 635. The van der Waals surface area contributed by atoms with Crippen LogP contribution in [0.25, 0.3) is 0 Å². The predicted molar refractivity (Wildman–Crippen MR) is 122 cm³/mol. The summed E-state index contributed by atoms with van der Waals surface area (Å²) in [5.41, 5.74) is 2.17. The molecule has 1 N–H and O–H groups in total. The first-order valence-corrected chi connectivity index (χ1v) is 10.2. The van der Waals surface area contributed by atoms with E-state index in [2.05, 4.69) is 20.1 Å². The zero-order chi connectivity index (χ0) is 21.5. The van der Waals surface area contributed by atoms with Gasteiger partial charge < -0.3 is 10.0 Å². The van der Waals surface area contributed by atoms with Crippen LogP contribution in [-0.2, 0) is 11.2 Å². The average molecular weight is 406 g/mol. The Balaban J connectivity index is 0.000000904. The number of hydrogen-bond donors (Lipinski definition) is 1. The lowest BCUT2D eigenvalue weighted by Gasteiger charge is -2.21. The number of likely N-dealkylation sites (tertiary alicyclic amines) is 1. The molecule has 28 heavy (non-hydrogen) atoms. The minimum atomic E-state index is -0.553. The molecule has 1 aliphatic heterocycles. The van der Waals surface area contributed by atoms with Crippen molar-refractivity contribution in [2.45, 2.75) is 65.5 Å². The smallest absolute Gasteiger partial charge is 0.223 e. The van der Waals surface area contributed by atoms with Gasteiger partial charge in [0.1, 0.15) is 0 Å². The summed E-state index contributed by atoms with van der Waals surface area (Å²) in [5, 5.41) is 10.8. The third-order valence-corrected chi connectivity index (χ3v) is 3.96. The van der Waals surface area contributed by atoms with Crippen molar-refractivity contribution < 1.29 is 9.90 Å². The highest BCUT2D eigenvalue weighted by Crippen LogP contribution is 2.20. The lowest BCUT2D eigenvalue weighted by atomic mass is 10.1. The number of amides is 1. The Morgan fingerprint density at radius 1 is 1.43 bits per heavy atom. The monoisotopic (exact) mass is 405 g/mol. The fourth-order valence-electron chi connectivity index (χ4n) is 2.72. The number of aliphatic hydroxyl groups excluding tert-OH is 1. The fraction of sp³-hybridized carbons (Fsp3) is 0.458. The molecular formula is C24H36ClNO2. The van der Waals surface area contributed by atoms with Crippen LogP contribution in [0.5, 0.6) is 0 Å². The third kappa shape index (κ3) is 11.8. The number of rotatable bonds is 6. The summed E-state index contributed by atoms with van der Waals surface area (Å²) in [4.78, 5) is 13.7. The number of halogens is 1. The summed E-state index contributed by atoms with van der Waals surface area (Å²) >= 11 is 5.94. The van der Waals surface area contributed by atoms with Gasteiger partial charge in [-0.2, -0.15) is 0 Å². The third-order valence-electron chi connectivity index (χ3n) is 3.73. The maximum absolute atomic E-state index is 11.8. The number of carbonyl (C=O) groups is 1. The molecule has 0 bridgehead atoms. The van der Waals surface area contributed by atoms with Crippen molar-refractivity contribution >= 4 is 17.5 Å². The Kier molecular flexibility index (Phi) is 14.1. The molecule has 0 radical (unpaired) electrons. The van der Waals surface area contributed by atoms with Crippen molar-refractivity contribution in [2.24, 2.45) is 0 Å². The van der Waals surface area contributed by atoms with Crippen LogP contribution in [-0.4, -0.2) is 34.6 Å². The molecule has 2 unspecified atom stereocenters. The Morgan fingerprint density at radius 2 is 2.04 bits per heavy atom. The molecule has 0 spiro atoms. The SMILES string of the molecule is C=C(C)C.C=CC.CCCN1C(=O)CCC1/C=C/C(O)Cc1cccc(Cl)c1. The van der Waals surface area contributed by atoms with Gasteiger partial charge in [-0.3, -0.25) is 4.79 Å². The van der Waals surface area contributed by atoms with Crippen molar-refractivity contribution in [3.63, 3.8) is 0 Å². The second kappa shape index (κ2) is 15.1. The highest BCUT2D eigenvalue weighted by atomic mass is 35.5. The van der Waals surface area contributed by atoms with Crippen molar-refractivity contribution in [3.8, 4) is 0 Å². The summed E-state index contributed by atoms with van der Waals surface area (Å²) in [5.74, 6) is 0.218. The first-order chi connectivity index (χ1) is 13.2. The molecule has 0 aromatic heterocycles. The van der Waals surface area contributed by atoms with Gasteiger partial charge in [0.2, 0.25) is 5.91 Å². The van der Waals surface area contributed by atoms with Crippen molar-refractivity contribution in [1.82, 2.24) is 4.90 Å². The van der Waals surface area contributed by atoms with Crippen molar-refractivity contribution in [1.29, 1.82) is 0 Å². The summed E-state index contributed by atoms with van der Waals surface area (Å²) < 4.78 is 0. The van der Waals surface area contributed by atoms with Gasteiger partial charge in [0, 0.05) is 24.4 Å². The molecule has 1 aliphatic rings. The number of hydrogen-bond acceptors (Lipinski definition) is 2. The number of nitrogens with zero attached hydrogens (tertiary/aromatic N) is 1. The number of allylic oxidation sites excluding steroid dienone is 2. The van der Waals surface area contributed by atoms with Crippen LogP contribution in [0.2, 0.25) is 5.02 Å². The Hall–Kier alpha value is -1.84. The predicted octanol–water partition coefficient (Wildman–Crippen LogP) is 5.98. The van der Waals surface area contributed by atoms with Crippen LogP contribution in [0.15, 0.2) is 61.2 Å². The molecular weight excluding hydrogens is 370 g/mol. The molecule has 2 rings (SSSR count). The molecule has 0 saturated carbocycles. The van der Waals surface area contributed by atoms with Crippen LogP contribution in [0.4, 0.5) is 0 Å². The van der Waals surface area contributed by atoms with E-state index in [0.29, 0.717) is 17.9 Å². The van der Waals surface area contributed by atoms with Gasteiger partial charge in [-0.1, -0.05) is 54.5 Å². The van der Waals surface area contributed by atoms with E-state index in [0.717, 1.165) is 24.9 Å². The van der Waals surface area contributed by atoms with Gasteiger partial charge >= 0.3 is 0 Å². The van der Waals surface area contributed by atoms with Gasteiger partial charge in [0.05, 0.1) is 12.1 Å². The largest absolute Gasteiger partial charge is 0.389 e. The van der Waals surface area contributed by atoms with Gasteiger partial charge in [-0.25, -0.2) is 0 Å². The fourth-order valence-corrected chi connectivity index (χ4v) is 2.93. The molecule has 1 saturated heterocycles. The standard InChI is InChI=1S/C17H22ClNO2.C4H8.C3H6/c1-2-10-19-15(7-9-17(19)21)6-8-16(20)12-13-4-3-5-14(18)11-13;1-4(2)3;1-3-2/h3-6,8,11,15-16,20H,2,7,9-10,12H2,1H3;1H2,2-3H3;3H,1H2,2H3/b8-6+;;. The highest BCUT2D eigenvalue weighted by Gasteiger charge is 2.28. The van der Waals surface area contributed by atoms with Gasteiger partial charge in [-0.15, -0.1) is 13.2 Å². The molecule has 156 valence electrons. The first kappa shape index (κ1) is 26.2. The maximum Gasteiger partial charge on any atom is 0.223 e. The van der Waals surface area contributed by atoms with E-state index in [1.165, 1.54) is 5.57 Å². The molecule has 3 nitrogen and oxygen atoms in total. The molecule has 1 amide bonds. The van der Waals surface area contributed by atoms with E-state index in [1.54, 1.807) is 12.2 Å². The number of aliphatic hydroxyl groups is 1. The summed E-state index contributed by atoms with van der Waals surface area (Å²) in [6, 6.07) is 7.64. The van der Waals surface area contributed by atoms with Crippen LogP contribution in [0.3, 0.4) is 0 Å². The van der Waals surface area contributed by atoms with E-state index in [1.807, 2.05) is 56.0 Å². The van der Waals surface area contributed by atoms with Gasteiger partial charge in [0.25, 0.3) is 0 Å². The van der Waals surface area contributed by atoms with E-state index in [-0.39, 0.29) is 11.9 Å². The zero-order valence-corrected chi connectivity index (χ0v) is 18.6. The topological polar surface area (TPSA) is 40.5 Å². The summed E-state index contributed by atoms with van der Waals surface area (Å²) in [6.07, 6.45) is 7.91. The van der Waals surface area contributed by atoms with Crippen LogP contribution in [0.1, 0.15) is 52.5 Å². The van der Waals surface area contributed by atoms with E-state index >= 15 is 0 Å². The van der Waals surface area contributed by atoms with Crippen LogP contribution in [0, 0.1) is 0 Å². The van der Waals surface area contributed by atoms with Crippen LogP contribution >= 0.6 is 11.6 Å². The van der Waals surface area contributed by atoms with E-state index in [4.69, 9.17) is 11.6 Å². The molecule has 1 heterocycles. The normalized spacial score (nSPS) is 16.7. The van der Waals surface area contributed by atoms with Crippen molar-refractivity contribution in [2.75, 3.05) is 6.54 Å². The van der Waals surface area contributed by atoms with E-state index < -0.39 is 6.10 Å². The number of carbonyl (C=O) groups excluding carboxylic acids is 1. The van der Waals surface area contributed by atoms with Crippen molar-refractivity contribution in [3.05, 3.63) is 71.8 Å². The Labute approximate surface area is 176 Å². The number of benzene rings is 1. The van der Waals surface area contributed by atoms with Gasteiger partial charge in [0.15, 0.2) is 0 Å². The zero-order valence-electron chi connectivity index (χ0n) is 17.8. The molecule has 2 atom stereocenters. The minimum absolute atomic E-state index is 0.131. The summed E-state index contributed by atoms with van der Waals surface area (Å²) in [7, 11) is 0. The molecule has 1 aromatic rings. The van der Waals surface area contributed by atoms with Crippen LogP contribution < -0.4 is 0 Å². The second-order valence-corrected chi connectivity index (χ2v) is 7.53. The Morgan fingerprint density at radius 3 is 2.57 bits per heavy atom. The first-order valence-electron chi connectivity index (χ1n) is 9.84. The molecule has 1 aromatic carbocycles. The summed E-state index contributed by atoms with van der Waals surface area (Å²) in [6.45, 7) is 15.6. The van der Waals surface area contributed by atoms with E-state index in [9.17, 15) is 9.90 Å². The molecule has 4 heteroatoms. The minimum Gasteiger partial charge on any atom is -0.389 e. The maximum atomic E-state index is 11.8. The highest BCUT2D eigenvalue weighted by molar-refractivity contribution is 6.30. The molecule has 1 fully saturated rings. The van der Waals surface area contributed by atoms with Gasteiger partial charge in [-0.05, 0) is 51.3 Å². The average Bonchev–Trinajstić information content (AvgIpc) is 2.94. The molecule has 0 aliphatic carbocycles.